The number of benzene rings is 3. The number of hydrogen-bond acceptors (Lipinski definition) is 7. The Labute approximate surface area is 251 Å². The maximum absolute atomic E-state index is 13.1. The fourth-order valence-corrected chi connectivity index (χ4v) is 4.99. The molecule has 2 amide bonds. The topological polar surface area (TPSA) is 125 Å². The van der Waals surface area contributed by atoms with Crippen LogP contribution in [0.15, 0.2) is 78.9 Å². The molecule has 0 saturated heterocycles. The van der Waals surface area contributed by atoms with Crippen LogP contribution >= 0.6 is 0 Å². The van der Waals surface area contributed by atoms with Gasteiger partial charge in [-0.2, -0.15) is 0 Å². The second-order valence-corrected chi connectivity index (χ2v) is 11.3. The van der Waals surface area contributed by atoms with E-state index >= 15 is 0 Å². The summed E-state index contributed by atoms with van der Waals surface area (Å²) in [5.74, 6) is 0.836. The zero-order valence-electron chi connectivity index (χ0n) is 24.8. The second kappa shape index (κ2) is 13.2. The van der Waals surface area contributed by atoms with E-state index in [9.17, 15) is 9.59 Å². The maximum atomic E-state index is 13.1. The van der Waals surface area contributed by atoms with Crippen molar-refractivity contribution in [2.45, 2.75) is 58.7 Å². The van der Waals surface area contributed by atoms with Gasteiger partial charge in [0.15, 0.2) is 11.6 Å². The molecule has 10 heteroatoms. The minimum absolute atomic E-state index is 0.168. The van der Waals surface area contributed by atoms with Crippen molar-refractivity contribution < 1.29 is 19.1 Å². The predicted molar refractivity (Wildman–Crippen MR) is 162 cm³/mol. The molecule has 2 heterocycles. The zero-order chi connectivity index (χ0) is 30.4. The smallest absolute Gasteiger partial charge is 0.410 e. The largest absolute Gasteiger partial charge is 0.445 e. The summed E-state index contributed by atoms with van der Waals surface area (Å²) < 4.78 is 13.6. The van der Waals surface area contributed by atoms with E-state index in [-0.39, 0.29) is 25.7 Å². The molecule has 0 saturated carbocycles. The highest BCUT2D eigenvalue weighted by Crippen LogP contribution is 2.26. The van der Waals surface area contributed by atoms with E-state index in [1.807, 2.05) is 72.2 Å². The molecule has 43 heavy (non-hydrogen) atoms. The standard InChI is InChI=1S/C33H38N6O4/c1-23-26(15-10-16-27(23)25-13-8-5-9-14-25)21-43-32(41)38-17-18-39-29(19-38)36-37-30(39)28(35-31(40)33(2,3)34)22-42-20-24-11-6-4-7-12-24/h4-16,28H,17-22,34H2,1-3H3,(H,35,40)/t28-/m1/s1. The molecule has 3 N–H and O–H groups in total. The molecular weight excluding hydrogens is 544 g/mol. The number of hydrogen-bond donors (Lipinski definition) is 2. The summed E-state index contributed by atoms with van der Waals surface area (Å²) in [6.07, 6.45) is -0.416. The van der Waals surface area contributed by atoms with Crippen molar-refractivity contribution in [1.82, 2.24) is 25.0 Å². The van der Waals surface area contributed by atoms with Gasteiger partial charge in [-0.3, -0.25) is 9.69 Å². The number of nitrogens with one attached hydrogen (secondary N) is 1. The fourth-order valence-electron chi connectivity index (χ4n) is 4.99. The molecule has 1 atom stereocenters. The van der Waals surface area contributed by atoms with Crippen LogP contribution in [0.2, 0.25) is 0 Å². The molecule has 0 unspecified atom stereocenters. The van der Waals surface area contributed by atoms with Crippen molar-refractivity contribution >= 4 is 12.0 Å². The van der Waals surface area contributed by atoms with E-state index in [4.69, 9.17) is 15.2 Å². The number of nitrogens with two attached hydrogens (primary N) is 1. The van der Waals surface area contributed by atoms with Crippen LogP contribution in [0.25, 0.3) is 11.1 Å². The molecule has 3 aromatic carbocycles. The summed E-state index contributed by atoms with van der Waals surface area (Å²) in [7, 11) is 0. The van der Waals surface area contributed by atoms with E-state index in [1.54, 1.807) is 18.7 Å². The summed E-state index contributed by atoms with van der Waals surface area (Å²) in [6.45, 7) is 7.17. The van der Waals surface area contributed by atoms with E-state index in [0.717, 1.165) is 27.8 Å². The fraction of sp³-hybridized carbons (Fsp3) is 0.333. The van der Waals surface area contributed by atoms with Crippen molar-refractivity contribution in [3.63, 3.8) is 0 Å². The van der Waals surface area contributed by atoms with Crippen LogP contribution in [-0.4, -0.2) is 50.4 Å². The number of carbonyl (C=O) groups is 2. The molecule has 224 valence electrons. The number of nitrogens with zero attached hydrogens (tertiary/aromatic N) is 4. The number of ether oxygens (including phenoxy) is 2. The Balaban J connectivity index is 1.24. The number of rotatable bonds is 10. The molecule has 1 aromatic heterocycles. The van der Waals surface area contributed by atoms with Gasteiger partial charge in [0.25, 0.3) is 0 Å². The van der Waals surface area contributed by atoms with Gasteiger partial charge in [0.2, 0.25) is 5.91 Å². The number of aromatic nitrogens is 3. The van der Waals surface area contributed by atoms with Gasteiger partial charge in [0.05, 0.1) is 25.3 Å². The van der Waals surface area contributed by atoms with Gasteiger partial charge >= 0.3 is 6.09 Å². The van der Waals surface area contributed by atoms with E-state index in [1.165, 1.54) is 0 Å². The van der Waals surface area contributed by atoms with Gasteiger partial charge in [0.1, 0.15) is 12.6 Å². The average molecular weight is 583 g/mol. The van der Waals surface area contributed by atoms with Crippen molar-refractivity contribution in [2.24, 2.45) is 5.73 Å². The summed E-state index contributed by atoms with van der Waals surface area (Å²) in [6, 6.07) is 25.4. The Morgan fingerprint density at radius 1 is 0.953 bits per heavy atom. The van der Waals surface area contributed by atoms with Crippen LogP contribution in [0.4, 0.5) is 4.79 Å². The normalized spacial score (nSPS) is 13.7. The lowest BCUT2D eigenvalue weighted by Gasteiger charge is -2.29. The van der Waals surface area contributed by atoms with Gasteiger partial charge in [-0.25, -0.2) is 4.79 Å². The lowest BCUT2D eigenvalue weighted by atomic mass is 9.97. The first-order valence-electron chi connectivity index (χ1n) is 14.4. The summed E-state index contributed by atoms with van der Waals surface area (Å²) in [5, 5.41) is 11.7. The molecule has 0 bridgehead atoms. The maximum Gasteiger partial charge on any atom is 0.410 e. The van der Waals surface area contributed by atoms with Gasteiger partial charge < -0.3 is 25.1 Å². The number of fused-ring (bicyclic) bond motifs is 1. The SMILES string of the molecule is Cc1c(COC(=O)N2CCn3c(nnc3[C@@H](COCc3ccccc3)NC(=O)C(C)(C)N)C2)cccc1-c1ccccc1. The van der Waals surface area contributed by atoms with E-state index < -0.39 is 17.7 Å². The highest BCUT2D eigenvalue weighted by atomic mass is 16.6. The highest BCUT2D eigenvalue weighted by molar-refractivity contribution is 5.85. The minimum atomic E-state index is -1.08. The number of carbonyl (C=O) groups excluding carboxylic acids is 2. The van der Waals surface area contributed by atoms with Gasteiger partial charge in [-0.05, 0) is 48.6 Å². The Morgan fingerprint density at radius 3 is 2.40 bits per heavy atom. The summed E-state index contributed by atoms with van der Waals surface area (Å²) >= 11 is 0. The first-order valence-corrected chi connectivity index (χ1v) is 14.4. The second-order valence-electron chi connectivity index (χ2n) is 11.3. The molecule has 1 aliphatic rings. The van der Waals surface area contributed by atoms with Crippen molar-refractivity contribution in [3.8, 4) is 11.1 Å². The predicted octanol–water partition coefficient (Wildman–Crippen LogP) is 4.52. The quantitative estimate of drug-likeness (QED) is 0.282. The molecule has 5 rings (SSSR count). The van der Waals surface area contributed by atoms with Crippen LogP contribution in [0, 0.1) is 6.92 Å². The number of amides is 2. The molecule has 4 aromatic rings. The monoisotopic (exact) mass is 582 g/mol. The Bertz CT molecular complexity index is 1550. The van der Waals surface area contributed by atoms with Gasteiger partial charge in [-0.1, -0.05) is 78.9 Å². The molecule has 0 aliphatic carbocycles. The Hall–Kier alpha value is -4.54. The molecule has 0 fully saturated rings. The van der Waals surface area contributed by atoms with Crippen molar-refractivity contribution in [3.05, 3.63) is 107 Å². The third-order valence-electron chi connectivity index (χ3n) is 7.52. The van der Waals surface area contributed by atoms with Crippen LogP contribution < -0.4 is 11.1 Å². The molecular formula is C33H38N6O4. The third-order valence-corrected chi connectivity index (χ3v) is 7.52. The lowest BCUT2D eigenvalue weighted by Crippen LogP contribution is -2.51. The third kappa shape index (κ3) is 7.28. The molecule has 10 nitrogen and oxygen atoms in total. The van der Waals surface area contributed by atoms with Crippen LogP contribution in [0.1, 0.15) is 48.2 Å². The van der Waals surface area contributed by atoms with Crippen LogP contribution in [0.3, 0.4) is 0 Å². The van der Waals surface area contributed by atoms with E-state index in [0.29, 0.717) is 31.3 Å². The zero-order valence-corrected chi connectivity index (χ0v) is 24.8. The Morgan fingerprint density at radius 2 is 1.67 bits per heavy atom. The summed E-state index contributed by atoms with van der Waals surface area (Å²) in [4.78, 5) is 27.5. The van der Waals surface area contributed by atoms with Gasteiger partial charge in [0, 0.05) is 13.1 Å². The highest BCUT2D eigenvalue weighted by Gasteiger charge is 2.32. The average Bonchev–Trinajstić information content (AvgIpc) is 3.43. The van der Waals surface area contributed by atoms with Gasteiger partial charge in [-0.15, -0.1) is 10.2 Å². The first kappa shape index (κ1) is 29.9. The lowest BCUT2D eigenvalue weighted by molar-refractivity contribution is -0.126. The minimum Gasteiger partial charge on any atom is -0.445 e. The van der Waals surface area contributed by atoms with E-state index in [2.05, 4.69) is 33.7 Å². The van der Waals surface area contributed by atoms with Crippen LogP contribution in [0.5, 0.6) is 0 Å². The molecule has 0 radical (unpaired) electrons. The summed E-state index contributed by atoms with van der Waals surface area (Å²) in [5.41, 5.74) is 10.3. The van der Waals surface area contributed by atoms with Crippen molar-refractivity contribution in [1.29, 1.82) is 0 Å². The molecule has 0 spiro atoms. The van der Waals surface area contributed by atoms with Crippen molar-refractivity contribution in [2.75, 3.05) is 13.2 Å². The Kier molecular flexibility index (Phi) is 9.18. The first-order chi connectivity index (χ1) is 20.7. The molecule has 1 aliphatic heterocycles. The van der Waals surface area contributed by atoms with Crippen LogP contribution in [-0.2, 0) is 40.6 Å².